The lowest BCUT2D eigenvalue weighted by Gasteiger charge is -2.39. The van der Waals surface area contributed by atoms with Crippen LogP contribution in [0.25, 0.3) is 0 Å². The van der Waals surface area contributed by atoms with Gasteiger partial charge in [0, 0.05) is 49.7 Å². The minimum atomic E-state index is -4.01. The van der Waals surface area contributed by atoms with E-state index in [0.717, 1.165) is 0 Å². The third-order valence-corrected chi connectivity index (χ3v) is 6.78. The maximum absolute atomic E-state index is 13.0. The molecule has 1 fully saturated rings. The first kappa shape index (κ1) is 21.1. The number of para-hydroxylation sites is 1. The predicted octanol–water partition coefficient (Wildman–Crippen LogP) is 1.51. The van der Waals surface area contributed by atoms with Gasteiger partial charge in [0.05, 0.1) is 10.5 Å². The third-order valence-electron chi connectivity index (χ3n) is 4.87. The van der Waals surface area contributed by atoms with Crippen molar-refractivity contribution in [1.82, 2.24) is 14.3 Å². The van der Waals surface area contributed by atoms with E-state index in [1.54, 1.807) is 26.2 Å². The highest BCUT2D eigenvalue weighted by molar-refractivity contribution is 7.89. The van der Waals surface area contributed by atoms with E-state index in [1.807, 2.05) is 11.8 Å². The third kappa shape index (κ3) is 4.21. The number of aliphatic hydroxyl groups is 1. The largest absolute Gasteiger partial charge is 0.386 e. The Morgan fingerprint density at radius 1 is 1.21 bits per heavy atom. The van der Waals surface area contributed by atoms with Gasteiger partial charge in [0.15, 0.2) is 4.90 Å². The molecule has 2 aromatic rings. The van der Waals surface area contributed by atoms with Crippen LogP contribution in [0.3, 0.4) is 0 Å². The lowest BCUT2D eigenvalue weighted by atomic mass is 10.0. The van der Waals surface area contributed by atoms with Gasteiger partial charge in [-0.1, -0.05) is 12.1 Å². The van der Waals surface area contributed by atoms with Crippen LogP contribution in [0.4, 0.5) is 11.6 Å². The standard InChI is InChI=1S/C18H23N5O5S/c1-13-12-21(29(27,28)16-7-5-4-6-15(16)23(25)26)8-9-22(13)17-19-10-14(11-20-17)18(2,3)24/h4-7,10-11,13,24H,8-9,12H2,1-3H3/t13-/m0/s1. The Morgan fingerprint density at radius 2 is 1.83 bits per heavy atom. The Kier molecular flexibility index (Phi) is 5.57. The minimum absolute atomic E-state index is 0.144. The van der Waals surface area contributed by atoms with Gasteiger partial charge < -0.3 is 10.0 Å². The Labute approximate surface area is 169 Å². The Balaban J connectivity index is 1.80. The number of aromatic nitrogens is 2. The van der Waals surface area contributed by atoms with Crippen LogP contribution < -0.4 is 4.90 Å². The van der Waals surface area contributed by atoms with Crippen LogP contribution in [-0.4, -0.2) is 58.4 Å². The smallest absolute Gasteiger partial charge is 0.289 e. The minimum Gasteiger partial charge on any atom is -0.386 e. The maximum Gasteiger partial charge on any atom is 0.289 e. The first-order valence-electron chi connectivity index (χ1n) is 9.07. The molecule has 1 saturated heterocycles. The molecule has 3 rings (SSSR count). The zero-order valence-corrected chi connectivity index (χ0v) is 17.2. The van der Waals surface area contributed by atoms with Gasteiger partial charge in [-0.3, -0.25) is 10.1 Å². The molecule has 0 spiro atoms. The van der Waals surface area contributed by atoms with Gasteiger partial charge in [0.2, 0.25) is 16.0 Å². The highest BCUT2D eigenvalue weighted by Gasteiger charge is 2.36. The first-order chi connectivity index (χ1) is 13.5. The van der Waals surface area contributed by atoms with Gasteiger partial charge in [-0.2, -0.15) is 4.31 Å². The number of nitro groups is 1. The summed E-state index contributed by atoms with van der Waals surface area (Å²) in [5.41, 5.74) is -0.916. The number of hydrogen-bond donors (Lipinski definition) is 1. The molecule has 0 radical (unpaired) electrons. The van der Waals surface area contributed by atoms with E-state index in [-0.39, 0.29) is 24.0 Å². The molecule has 1 aliphatic heterocycles. The van der Waals surface area contributed by atoms with E-state index in [0.29, 0.717) is 18.1 Å². The number of nitrogens with zero attached hydrogens (tertiary/aromatic N) is 5. The van der Waals surface area contributed by atoms with Gasteiger partial charge in [-0.15, -0.1) is 0 Å². The molecular weight excluding hydrogens is 398 g/mol. The molecule has 0 unspecified atom stereocenters. The number of piperazine rings is 1. The van der Waals surface area contributed by atoms with E-state index in [2.05, 4.69) is 9.97 Å². The molecule has 0 saturated carbocycles. The van der Waals surface area contributed by atoms with E-state index >= 15 is 0 Å². The van der Waals surface area contributed by atoms with Crippen LogP contribution >= 0.6 is 0 Å². The molecule has 10 nitrogen and oxygen atoms in total. The fraction of sp³-hybridized carbons (Fsp3) is 0.444. The molecule has 1 aliphatic rings. The molecule has 1 aromatic carbocycles. The van der Waals surface area contributed by atoms with Crippen molar-refractivity contribution in [2.24, 2.45) is 0 Å². The second-order valence-corrected chi connectivity index (χ2v) is 9.37. The normalized spacial score (nSPS) is 18.6. The van der Waals surface area contributed by atoms with Crippen molar-refractivity contribution in [1.29, 1.82) is 0 Å². The molecule has 29 heavy (non-hydrogen) atoms. The lowest BCUT2D eigenvalue weighted by molar-refractivity contribution is -0.387. The summed E-state index contributed by atoms with van der Waals surface area (Å²) < 4.78 is 27.3. The highest BCUT2D eigenvalue weighted by Crippen LogP contribution is 2.28. The summed E-state index contributed by atoms with van der Waals surface area (Å²) in [6.45, 7) is 5.75. The monoisotopic (exact) mass is 421 g/mol. The van der Waals surface area contributed by atoms with Crippen molar-refractivity contribution in [3.05, 3.63) is 52.3 Å². The molecule has 1 atom stereocenters. The Bertz CT molecular complexity index is 1000. The SMILES string of the molecule is C[C@H]1CN(S(=O)(=O)c2ccccc2[N+](=O)[O-])CCN1c1ncc(C(C)(C)O)cn1. The summed E-state index contributed by atoms with van der Waals surface area (Å²) in [4.78, 5) is 20.7. The second-order valence-electron chi connectivity index (χ2n) is 7.46. The molecule has 11 heteroatoms. The van der Waals surface area contributed by atoms with Gasteiger partial charge in [-0.05, 0) is 26.8 Å². The Hall–Kier alpha value is -2.63. The summed E-state index contributed by atoms with van der Waals surface area (Å²) in [6, 6.07) is 5.10. The molecule has 0 aliphatic carbocycles. The summed E-state index contributed by atoms with van der Waals surface area (Å²) >= 11 is 0. The lowest BCUT2D eigenvalue weighted by Crippen LogP contribution is -2.54. The predicted molar refractivity (Wildman–Crippen MR) is 106 cm³/mol. The number of benzene rings is 1. The maximum atomic E-state index is 13.0. The zero-order valence-electron chi connectivity index (χ0n) is 16.4. The average molecular weight is 421 g/mol. The molecule has 0 bridgehead atoms. The van der Waals surface area contributed by atoms with Crippen LogP contribution in [0.1, 0.15) is 26.3 Å². The second kappa shape index (κ2) is 7.65. The Morgan fingerprint density at radius 3 is 2.38 bits per heavy atom. The summed E-state index contributed by atoms with van der Waals surface area (Å²) in [5.74, 6) is 0.438. The number of nitro benzene ring substituents is 1. The van der Waals surface area contributed by atoms with Crippen molar-refractivity contribution in [3.8, 4) is 0 Å². The van der Waals surface area contributed by atoms with E-state index in [9.17, 15) is 23.6 Å². The fourth-order valence-corrected chi connectivity index (χ4v) is 4.86. The number of sulfonamides is 1. The van der Waals surface area contributed by atoms with E-state index in [1.165, 1.54) is 28.6 Å². The summed E-state index contributed by atoms with van der Waals surface area (Å²) in [6.07, 6.45) is 3.09. The average Bonchev–Trinajstić information content (AvgIpc) is 2.67. The van der Waals surface area contributed by atoms with Crippen LogP contribution in [0.5, 0.6) is 0 Å². The van der Waals surface area contributed by atoms with E-state index in [4.69, 9.17) is 0 Å². The van der Waals surface area contributed by atoms with Gasteiger partial charge >= 0.3 is 0 Å². The summed E-state index contributed by atoms with van der Waals surface area (Å²) in [5, 5.41) is 21.3. The van der Waals surface area contributed by atoms with Crippen LogP contribution in [0.15, 0.2) is 41.6 Å². The van der Waals surface area contributed by atoms with Crippen molar-refractivity contribution in [3.63, 3.8) is 0 Å². The molecule has 2 heterocycles. The van der Waals surface area contributed by atoms with Gasteiger partial charge in [0.25, 0.3) is 5.69 Å². The highest BCUT2D eigenvalue weighted by atomic mass is 32.2. The molecule has 0 amide bonds. The van der Waals surface area contributed by atoms with Crippen LogP contribution in [-0.2, 0) is 15.6 Å². The fourth-order valence-electron chi connectivity index (χ4n) is 3.19. The van der Waals surface area contributed by atoms with Crippen LogP contribution in [0.2, 0.25) is 0 Å². The quantitative estimate of drug-likeness (QED) is 0.568. The van der Waals surface area contributed by atoms with Crippen molar-refractivity contribution in [2.75, 3.05) is 24.5 Å². The number of hydrogen-bond acceptors (Lipinski definition) is 8. The topological polar surface area (TPSA) is 130 Å². The zero-order chi connectivity index (χ0) is 21.4. The number of rotatable bonds is 5. The van der Waals surface area contributed by atoms with Crippen molar-refractivity contribution < 1.29 is 18.4 Å². The van der Waals surface area contributed by atoms with Crippen LogP contribution in [0, 0.1) is 10.1 Å². The molecule has 156 valence electrons. The summed E-state index contributed by atoms with van der Waals surface area (Å²) in [7, 11) is -4.01. The number of anilines is 1. The molecular formula is C18H23N5O5S. The van der Waals surface area contributed by atoms with Gasteiger partial charge in [0.1, 0.15) is 0 Å². The van der Waals surface area contributed by atoms with Gasteiger partial charge in [-0.25, -0.2) is 18.4 Å². The van der Waals surface area contributed by atoms with Crippen molar-refractivity contribution in [2.45, 2.75) is 37.3 Å². The molecule has 1 N–H and O–H groups in total. The molecule has 1 aromatic heterocycles. The van der Waals surface area contributed by atoms with E-state index < -0.39 is 26.2 Å². The first-order valence-corrected chi connectivity index (χ1v) is 10.5. The van der Waals surface area contributed by atoms with Crippen molar-refractivity contribution >= 4 is 21.7 Å².